The number of thiocarbonyl (C=S) groups is 1. The maximum Gasteiger partial charge on any atom is 0.236 e. The van der Waals surface area contributed by atoms with E-state index in [1.165, 1.54) is 0 Å². The molecule has 180 valence electrons. The van der Waals surface area contributed by atoms with Gasteiger partial charge in [0.05, 0.1) is 20.3 Å². The number of anilines is 2. The summed E-state index contributed by atoms with van der Waals surface area (Å²) < 4.78 is 17.3. The first-order chi connectivity index (χ1) is 16.8. The number of hydrogen-bond donors (Lipinski definition) is 2. The van der Waals surface area contributed by atoms with Crippen LogP contribution in [0.3, 0.4) is 0 Å². The third kappa shape index (κ3) is 3.93. The fraction of sp³-hybridized carbons (Fsp3) is 0.259. The molecule has 1 fully saturated rings. The van der Waals surface area contributed by atoms with Crippen molar-refractivity contribution in [1.29, 1.82) is 0 Å². The van der Waals surface area contributed by atoms with Gasteiger partial charge in [-0.3, -0.25) is 9.69 Å². The number of carbonyl (C=O) groups excluding carboxylic acids is 1. The van der Waals surface area contributed by atoms with Gasteiger partial charge in [-0.05, 0) is 80.7 Å². The van der Waals surface area contributed by atoms with Crippen LogP contribution < -0.4 is 29.7 Å². The molecule has 8 heteroatoms. The third-order valence-electron chi connectivity index (χ3n) is 6.64. The predicted molar refractivity (Wildman–Crippen MR) is 139 cm³/mol. The normalized spacial score (nSPS) is 22.4. The van der Waals surface area contributed by atoms with E-state index >= 15 is 0 Å². The number of aryl methyl sites for hydroxylation is 1. The maximum atomic E-state index is 13.9. The van der Waals surface area contributed by atoms with Crippen LogP contribution in [-0.2, 0) is 4.79 Å². The first kappa shape index (κ1) is 23.0. The van der Waals surface area contributed by atoms with Crippen molar-refractivity contribution in [3.8, 4) is 17.2 Å². The third-order valence-corrected chi connectivity index (χ3v) is 6.94. The lowest BCUT2D eigenvalue weighted by Gasteiger charge is -2.56. The second-order valence-electron chi connectivity index (χ2n) is 8.85. The van der Waals surface area contributed by atoms with Crippen LogP contribution in [0, 0.1) is 12.8 Å². The molecule has 0 aromatic heterocycles. The summed E-state index contributed by atoms with van der Waals surface area (Å²) >= 11 is 5.81. The number of fused-ring (bicyclic) bond motifs is 4. The number of nitrogens with one attached hydrogen (secondary N) is 2. The van der Waals surface area contributed by atoms with E-state index in [9.17, 15) is 4.79 Å². The molecule has 0 aliphatic carbocycles. The molecule has 1 saturated heterocycles. The molecule has 2 N–H and O–H groups in total. The molecule has 0 saturated carbocycles. The molecular weight excluding hydrogens is 462 g/mol. The highest BCUT2D eigenvalue weighted by Gasteiger charge is 2.59. The number of hydrogen-bond acceptors (Lipinski definition) is 5. The van der Waals surface area contributed by atoms with Gasteiger partial charge in [0.15, 0.2) is 10.8 Å². The zero-order chi connectivity index (χ0) is 24.7. The summed E-state index contributed by atoms with van der Waals surface area (Å²) in [6.45, 7) is 3.94. The van der Waals surface area contributed by atoms with Gasteiger partial charge in [-0.15, -0.1) is 0 Å². The van der Waals surface area contributed by atoms with E-state index in [1.54, 1.807) is 14.2 Å². The van der Waals surface area contributed by atoms with Gasteiger partial charge in [0.2, 0.25) is 5.91 Å². The van der Waals surface area contributed by atoms with E-state index in [0.29, 0.717) is 28.0 Å². The molecule has 1 amide bonds. The SMILES string of the molecule is COc1ccc(NC(=O)C2C3NC(=S)N(c4ccc(C)cc4)C2(C)Oc2ccc(OC)cc23)cc1. The fourth-order valence-electron chi connectivity index (χ4n) is 4.87. The summed E-state index contributed by atoms with van der Waals surface area (Å²) in [5, 5.41) is 6.97. The van der Waals surface area contributed by atoms with Crippen molar-refractivity contribution < 1.29 is 19.0 Å². The Labute approximate surface area is 210 Å². The van der Waals surface area contributed by atoms with Crippen molar-refractivity contribution in [2.45, 2.75) is 25.6 Å². The molecule has 0 radical (unpaired) electrons. The van der Waals surface area contributed by atoms with Crippen LogP contribution in [0.2, 0.25) is 0 Å². The molecule has 35 heavy (non-hydrogen) atoms. The minimum Gasteiger partial charge on any atom is -0.497 e. The molecule has 0 spiro atoms. The summed E-state index contributed by atoms with van der Waals surface area (Å²) in [6, 6.07) is 20.4. The molecule has 2 aliphatic rings. The van der Waals surface area contributed by atoms with Gasteiger partial charge in [-0.25, -0.2) is 0 Å². The second kappa shape index (κ2) is 8.78. The first-order valence-corrected chi connectivity index (χ1v) is 11.7. The topological polar surface area (TPSA) is 72.1 Å². The van der Waals surface area contributed by atoms with Crippen LogP contribution in [0.1, 0.15) is 24.1 Å². The Hall–Kier alpha value is -3.78. The lowest BCUT2D eigenvalue weighted by atomic mass is 9.78. The Morgan fingerprint density at radius 3 is 2.34 bits per heavy atom. The molecule has 2 aliphatic heterocycles. The quantitative estimate of drug-likeness (QED) is 0.498. The van der Waals surface area contributed by atoms with Crippen LogP contribution in [0.15, 0.2) is 66.7 Å². The lowest BCUT2D eigenvalue weighted by Crippen LogP contribution is -2.72. The molecule has 3 aromatic carbocycles. The van der Waals surface area contributed by atoms with E-state index in [1.807, 2.05) is 85.5 Å². The number of benzene rings is 3. The number of nitrogens with zero attached hydrogens (tertiary/aromatic N) is 1. The van der Waals surface area contributed by atoms with E-state index in [-0.39, 0.29) is 5.91 Å². The number of methoxy groups -OCH3 is 2. The zero-order valence-corrected chi connectivity index (χ0v) is 20.8. The number of carbonyl (C=O) groups is 1. The minimum atomic E-state index is -1.08. The van der Waals surface area contributed by atoms with Crippen LogP contribution in [0.5, 0.6) is 17.2 Å². The highest BCUT2D eigenvalue weighted by molar-refractivity contribution is 7.80. The summed E-state index contributed by atoms with van der Waals surface area (Å²) in [5.74, 6) is 1.24. The van der Waals surface area contributed by atoms with Gasteiger partial charge in [0.25, 0.3) is 0 Å². The average molecular weight is 490 g/mol. The standard InChI is InChI=1S/C27H27N3O4S/c1-16-5-9-18(10-6-16)30-26(35)29-24-21-15-20(33-4)13-14-22(21)34-27(30,2)23(24)25(31)28-17-7-11-19(32-3)12-8-17/h5-15,23-24H,1-4H3,(H,28,31)(H,29,35). The second-order valence-corrected chi connectivity index (χ2v) is 9.24. The average Bonchev–Trinajstić information content (AvgIpc) is 2.85. The summed E-state index contributed by atoms with van der Waals surface area (Å²) in [7, 11) is 3.22. The van der Waals surface area contributed by atoms with E-state index in [0.717, 1.165) is 16.8 Å². The van der Waals surface area contributed by atoms with Crippen molar-refractivity contribution in [1.82, 2.24) is 5.32 Å². The molecule has 3 atom stereocenters. The van der Waals surface area contributed by atoms with E-state index in [4.69, 9.17) is 26.4 Å². The highest BCUT2D eigenvalue weighted by Crippen LogP contribution is 2.50. The number of amides is 1. The molecule has 5 rings (SSSR count). The monoisotopic (exact) mass is 489 g/mol. The number of rotatable bonds is 5. The van der Waals surface area contributed by atoms with Gasteiger partial charge in [-0.2, -0.15) is 0 Å². The Kier molecular flexibility index (Phi) is 5.76. The summed E-state index contributed by atoms with van der Waals surface area (Å²) in [4.78, 5) is 15.8. The Balaban J connectivity index is 1.60. The van der Waals surface area contributed by atoms with Gasteiger partial charge >= 0.3 is 0 Å². The Morgan fingerprint density at radius 1 is 1.03 bits per heavy atom. The van der Waals surface area contributed by atoms with Crippen molar-refractivity contribution >= 4 is 34.6 Å². The van der Waals surface area contributed by atoms with E-state index < -0.39 is 17.7 Å². The van der Waals surface area contributed by atoms with Crippen molar-refractivity contribution in [3.05, 3.63) is 77.9 Å². The first-order valence-electron chi connectivity index (χ1n) is 11.3. The molecule has 2 bridgehead atoms. The predicted octanol–water partition coefficient (Wildman–Crippen LogP) is 4.81. The smallest absolute Gasteiger partial charge is 0.236 e. The van der Waals surface area contributed by atoms with E-state index in [2.05, 4.69) is 10.6 Å². The zero-order valence-electron chi connectivity index (χ0n) is 20.0. The summed E-state index contributed by atoms with van der Waals surface area (Å²) in [6.07, 6.45) is 0. The molecule has 3 unspecified atom stereocenters. The maximum absolute atomic E-state index is 13.9. The highest BCUT2D eigenvalue weighted by atomic mass is 32.1. The lowest BCUT2D eigenvalue weighted by molar-refractivity contribution is -0.130. The van der Waals surface area contributed by atoms with Gasteiger partial charge in [0, 0.05) is 16.9 Å². The van der Waals surface area contributed by atoms with Crippen LogP contribution in [0.25, 0.3) is 0 Å². The van der Waals surface area contributed by atoms with Crippen LogP contribution >= 0.6 is 12.2 Å². The van der Waals surface area contributed by atoms with Gasteiger partial charge < -0.3 is 24.8 Å². The van der Waals surface area contributed by atoms with Crippen molar-refractivity contribution in [2.24, 2.45) is 5.92 Å². The van der Waals surface area contributed by atoms with Gasteiger partial charge in [0.1, 0.15) is 23.2 Å². The largest absolute Gasteiger partial charge is 0.497 e. The van der Waals surface area contributed by atoms with Crippen molar-refractivity contribution in [2.75, 3.05) is 24.4 Å². The summed E-state index contributed by atoms with van der Waals surface area (Å²) in [5.41, 5.74) is 2.37. The van der Waals surface area contributed by atoms with Gasteiger partial charge in [-0.1, -0.05) is 17.7 Å². The minimum absolute atomic E-state index is 0.191. The molecular formula is C27H27N3O4S. The Bertz CT molecular complexity index is 1280. The molecule has 7 nitrogen and oxygen atoms in total. The molecule has 2 heterocycles. The van der Waals surface area contributed by atoms with Crippen LogP contribution in [0.4, 0.5) is 11.4 Å². The number of ether oxygens (including phenoxy) is 3. The fourth-order valence-corrected chi connectivity index (χ4v) is 5.28. The van der Waals surface area contributed by atoms with Crippen molar-refractivity contribution in [3.63, 3.8) is 0 Å². The molecule has 3 aromatic rings. The van der Waals surface area contributed by atoms with Crippen LogP contribution in [-0.4, -0.2) is 31.0 Å². The Morgan fingerprint density at radius 2 is 1.69 bits per heavy atom.